The van der Waals surface area contributed by atoms with Crippen LogP contribution in [0.25, 0.3) is 17.3 Å². The van der Waals surface area contributed by atoms with Gasteiger partial charge >= 0.3 is 5.69 Å². The summed E-state index contributed by atoms with van der Waals surface area (Å²) in [6, 6.07) is 12.9. The van der Waals surface area contributed by atoms with E-state index in [0.29, 0.717) is 29.7 Å². The van der Waals surface area contributed by atoms with Crippen molar-refractivity contribution < 1.29 is 9.21 Å². The lowest BCUT2D eigenvalue weighted by molar-refractivity contribution is 0.102. The molecule has 0 bridgehead atoms. The maximum Gasteiger partial charge on any atom is 0.329 e. The first-order valence-electron chi connectivity index (χ1n) is 9.84. The average molecular weight is 452 g/mol. The van der Waals surface area contributed by atoms with Crippen LogP contribution >= 0.6 is 11.8 Å². The molecular weight excluding hydrogens is 432 g/mol. The number of nitrogen functional groups attached to an aromatic ring is 1. The van der Waals surface area contributed by atoms with Crippen LogP contribution in [0.1, 0.15) is 23.7 Å². The van der Waals surface area contributed by atoms with E-state index in [9.17, 15) is 14.4 Å². The quantitative estimate of drug-likeness (QED) is 0.306. The second kappa shape index (κ2) is 9.10. The normalized spacial score (nSPS) is 11.0. The van der Waals surface area contributed by atoms with E-state index in [1.807, 2.05) is 37.3 Å². The Kier molecular flexibility index (Phi) is 6.08. The third-order valence-electron chi connectivity index (χ3n) is 4.69. The summed E-state index contributed by atoms with van der Waals surface area (Å²) in [6.45, 7) is 2.16. The predicted molar refractivity (Wildman–Crippen MR) is 120 cm³/mol. The van der Waals surface area contributed by atoms with Gasteiger partial charge in [0.2, 0.25) is 5.82 Å². The number of rotatable bonds is 8. The van der Waals surface area contributed by atoms with Crippen LogP contribution in [-0.4, -0.2) is 35.9 Å². The van der Waals surface area contributed by atoms with E-state index < -0.39 is 17.0 Å². The maximum absolute atomic E-state index is 12.9. The Hall–Kier alpha value is -3.86. The van der Waals surface area contributed by atoms with Crippen molar-refractivity contribution in [1.82, 2.24) is 24.3 Å². The molecule has 0 atom stereocenters. The number of benzene rings is 1. The standard InChI is InChI=1S/C21H20N6O4S/c1-2-10-26-17(22)16(19(29)23-20(26)30)14(28)12-32-21-25-24-18(15-9-6-11-31-15)27(21)13-7-4-3-5-8-13/h3-9,11H,2,10,12,22H2,1H3,(H,23,29,30). The zero-order valence-electron chi connectivity index (χ0n) is 17.1. The smallest absolute Gasteiger partial charge is 0.329 e. The number of aromatic amines is 1. The van der Waals surface area contributed by atoms with Gasteiger partial charge in [-0.25, -0.2) is 4.79 Å². The van der Waals surface area contributed by atoms with Gasteiger partial charge in [0.1, 0.15) is 11.4 Å². The van der Waals surface area contributed by atoms with Crippen LogP contribution < -0.4 is 17.0 Å². The molecule has 0 spiro atoms. The van der Waals surface area contributed by atoms with E-state index in [1.54, 1.807) is 16.7 Å². The highest BCUT2D eigenvalue weighted by Crippen LogP contribution is 2.28. The van der Waals surface area contributed by atoms with Gasteiger partial charge in [-0.1, -0.05) is 36.9 Å². The minimum Gasteiger partial charge on any atom is -0.461 e. The molecule has 3 N–H and O–H groups in total. The number of H-pyrrole nitrogens is 1. The maximum atomic E-state index is 12.9. The lowest BCUT2D eigenvalue weighted by atomic mass is 10.2. The van der Waals surface area contributed by atoms with Crippen molar-refractivity contribution in [3.8, 4) is 17.3 Å². The summed E-state index contributed by atoms with van der Waals surface area (Å²) >= 11 is 1.11. The van der Waals surface area contributed by atoms with Crippen molar-refractivity contribution in [2.24, 2.45) is 0 Å². The van der Waals surface area contributed by atoms with Crippen molar-refractivity contribution in [2.75, 3.05) is 11.5 Å². The van der Waals surface area contributed by atoms with Crippen LogP contribution in [0.5, 0.6) is 0 Å². The van der Waals surface area contributed by atoms with Gasteiger partial charge in [0.15, 0.2) is 16.7 Å². The third kappa shape index (κ3) is 4.02. The molecule has 4 rings (SSSR count). The van der Waals surface area contributed by atoms with Gasteiger partial charge in [0, 0.05) is 12.2 Å². The Morgan fingerprint density at radius 2 is 1.94 bits per heavy atom. The van der Waals surface area contributed by atoms with E-state index >= 15 is 0 Å². The minimum absolute atomic E-state index is 0.124. The molecule has 3 heterocycles. The zero-order valence-corrected chi connectivity index (χ0v) is 18.0. The summed E-state index contributed by atoms with van der Waals surface area (Å²) in [6.07, 6.45) is 2.16. The molecule has 3 aromatic heterocycles. The molecule has 0 amide bonds. The molecule has 11 heteroatoms. The first-order chi connectivity index (χ1) is 15.5. The van der Waals surface area contributed by atoms with Gasteiger partial charge in [-0.2, -0.15) is 0 Å². The fourth-order valence-corrected chi connectivity index (χ4v) is 4.07. The Bertz CT molecular complexity index is 1360. The highest BCUT2D eigenvalue weighted by molar-refractivity contribution is 7.99. The number of thioether (sulfide) groups is 1. The molecule has 0 aliphatic carbocycles. The second-order valence-corrected chi connectivity index (χ2v) is 7.78. The lowest BCUT2D eigenvalue weighted by Gasteiger charge is -2.11. The zero-order chi connectivity index (χ0) is 22.7. The van der Waals surface area contributed by atoms with Crippen molar-refractivity contribution in [2.45, 2.75) is 25.0 Å². The van der Waals surface area contributed by atoms with Crippen LogP contribution in [-0.2, 0) is 6.54 Å². The number of anilines is 1. The number of carbonyl (C=O) groups excluding carboxylic acids is 1. The molecule has 0 aliphatic rings. The fourth-order valence-electron chi connectivity index (χ4n) is 3.24. The lowest BCUT2D eigenvalue weighted by Crippen LogP contribution is -2.36. The van der Waals surface area contributed by atoms with Crippen LogP contribution in [0, 0.1) is 0 Å². The number of hydrogen-bond acceptors (Lipinski definition) is 8. The largest absolute Gasteiger partial charge is 0.461 e. The molecule has 10 nitrogen and oxygen atoms in total. The molecule has 0 saturated heterocycles. The molecule has 0 aliphatic heterocycles. The Labute approximate surface area is 186 Å². The Morgan fingerprint density at radius 3 is 2.62 bits per heavy atom. The summed E-state index contributed by atoms with van der Waals surface area (Å²) in [5, 5.41) is 8.87. The summed E-state index contributed by atoms with van der Waals surface area (Å²) in [7, 11) is 0. The van der Waals surface area contributed by atoms with Gasteiger partial charge in [-0.15, -0.1) is 10.2 Å². The minimum atomic E-state index is -0.800. The van der Waals surface area contributed by atoms with Crippen molar-refractivity contribution in [3.63, 3.8) is 0 Å². The van der Waals surface area contributed by atoms with Gasteiger partial charge in [0.25, 0.3) is 5.56 Å². The Morgan fingerprint density at radius 1 is 1.16 bits per heavy atom. The van der Waals surface area contributed by atoms with E-state index in [1.165, 1.54) is 10.8 Å². The topological polar surface area (TPSA) is 142 Å². The summed E-state index contributed by atoms with van der Waals surface area (Å²) in [5.74, 6) is 0.227. The number of nitrogens with two attached hydrogens (primary N) is 1. The monoisotopic (exact) mass is 452 g/mol. The van der Waals surface area contributed by atoms with E-state index in [-0.39, 0.29) is 17.1 Å². The third-order valence-corrected chi connectivity index (χ3v) is 5.62. The first kappa shape index (κ1) is 21.4. The number of ketones is 1. The molecule has 32 heavy (non-hydrogen) atoms. The molecule has 164 valence electrons. The molecule has 1 aromatic carbocycles. The molecule has 0 radical (unpaired) electrons. The van der Waals surface area contributed by atoms with Gasteiger partial charge in [-0.05, 0) is 30.7 Å². The van der Waals surface area contributed by atoms with E-state index in [2.05, 4.69) is 15.2 Å². The second-order valence-electron chi connectivity index (χ2n) is 6.84. The van der Waals surface area contributed by atoms with E-state index in [4.69, 9.17) is 10.2 Å². The van der Waals surface area contributed by atoms with Gasteiger partial charge in [0.05, 0.1) is 12.0 Å². The highest BCUT2D eigenvalue weighted by atomic mass is 32.2. The van der Waals surface area contributed by atoms with E-state index in [0.717, 1.165) is 17.4 Å². The number of para-hydroxylation sites is 1. The number of hydrogen-bond donors (Lipinski definition) is 2. The number of aromatic nitrogens is 5. The fraction of sp³-hybridized carbons (Fsp3) is 0.190. The number of Topliss-reactive ketones (excluding diaryl/α,β-unsaturated/α-hetero) is 1. The Balaban J connectivity index is 1.67. The summed E-state index contributed by atoms with van der Waals surface area (Å²) < 4.78 is 8.44. The molecular formula is C21H20N6O4S. The van der Waals surface area contributed by atoms with Crippen LogP contribution in [0.15, 0.2) is 67.9 Å². The number of nitrogens with one attached hydrogen (secondary N) is 1. The number of furan rings is 1. The summed E-state index contributed by atoms with van der Waals surface area (Å²) in [5.41, 5.74) is 5.12. The van der Waals surface area contributed by atoms with Crippen molar-refractivity contribution in [3.05, 3.63) is 75.1 Å². The summed E-state index contributed by atoms with van der Waals surface area (Å²) in [4.78, 5) is 39.4. The molecule has 0 saturated carbocycles. The first-order valence-corrected chi connectivity index (χ1v) is 10.8. The van der Waals surface area contributed by atoms with Crippen LogP contribution in [0.3, 0.4) is 0 Å². The van der Waals surface area contributed by atoms with Crippen LogP contribution in [0.4, 0.5) is 5.82 Å². The highest BCUT2D eigenvalue weighted by Gasteiger charge is 2.22. The molecule has 0 unspecified atom stereocenters. The van der Waals surface area contributed by atoms with Gasteiger partial charge in [-0.3, -0.25) is 23.7 Å². The number of carbonyl (C=O) groups is 1. The van der Waals surface area contributed by atoms with Crippen LogP contribution in [0.2, 0.25) is 0 Å². The molecule has 0 fully saturated rings. The van der Waals surface area contributed by atoms with Crippen molar-refractivity contribution in [1.29, 1.82) is 0 Å². The SMILES string of the molecule is CCCn1c(N)c(C(=O)CSc2nnc(-c3ccco3)n2-c2ccccc2)c(=O)[nH]c1=O. The van der Waals surface area contributed by atoms with Crippen molar-refractivity contribution >= 4 is 23.4 Å². The molecule has 4 aromatic rings. The van der Waals surface area contributed by atoms with Gasteiger partial charge < -0.3 is 10.2 Å². The number of nitrogens with zero attached hydrogens (tertiary/aromatic N) is 4. The predicted octanol–water partition coefficient (Wildman–Crippen LogP) is 2.34. The average Bonchev–Trinajstić information content (AvgIpc) is 3.45.